The number of benzene rings is 1. The molecule has 0 saturated heterocycles. The number of ketones is 1. The van der Waals surface area contributed by atoms with Gasteiger partial charge >= 0.3 is 6.18 Å². The van der Waals surface area contributed by atoms with E-state index in [1.165, 1.54) is 0 Å². The average molecular weight is 326 g/mol. The van der Waals surface area contributed by atoms with E-state index in [9.17, 15) is 18.0 Å². The van der Waals surface area contributed by atoms with Gasteiger partial charge in [-0.15, -0.1) is 0 Å². The first-order valence-corrected chi connectivity index (χ1v) is 7.45. The molecule has 7 heteroatoms. The average Bonchev–Trinajstić information content (AvgIpc) is 2.99. The molecule has 124 valence electrons. The van der Waals surface area contributed by atoms with Gasteiger partial charge in [0.1, 0.15) is 0 Å². The number of hydrogen-bond acceptors (Lipinski definition) is 4. The summed E-state index contributed by atoms with van der Waals surface area (Å²) in [5, 5.41) is 3.90. The molecule has 0 N–H and O–H groups in total. The zero-order chi connectivity index (χ0) is 16.7. The molecule has 1 aromatic carbocycles. The van der Waals surface area contributed by atoms with Crippen molar-refractivity contribution in [1.82, 2.24) is 10.1 Å². The number of unbranched alkanes of at least 4 members (excludes halogenated alkanes) is 3. The minimum Gasteiger partial charge on any atom is -0.339 e. The lowest BCUT2D eigenvalue weighted by Gasteiger charge is -2.04. The maximum Gasteiger partial charge on any atom is 0.449 e. The predicted octanol–water partition coefficient (Wildman–Crippen LogP) is 4.36. The van der Waals surface area contributed by atoms with E-state index in [1.807, 2.05) is 30.3 Å². The Kier molecular flexibility index (Phi) is 5.90. The van der Waals surface area contributed by atoms with Gasteiger partial charge in [0.2, 0.25) is 17.5 Å². The minimum absolute atomic E-state index is 0.247. The molecule has 0 fully saturated rings. The number of alkyl halides is 3. The molecule has 0 saturated carbocycles. The molecule has 0 atom stereocenters. The lowest BCUT2D eigenvalue weighted by atomic mass is 10.1. The summed E-state index contributed by atoms with van der Waals surface area (Å²) < 4.78 is 41.2. The van der Waals surface area contributed by atoms with E-state index in [-0.39, 0.29) is 6.42 Å². The van der Waals surface area contributed by atoms with Gasteiger partial charge in [-0.25, -0.2) is 0 Å². The molecule has 2 rings (SSSR count). The van der Waals surface area contributed by atoms with Gasteiger partial charge in [-0.2, -0.15) is 18.2 Å². The van der Waals surface area contributed by atoms with E-state index in [2.05, 4.69) is 10.1 Å². The summed E-state index contributed by atoms with van der Waals surface area (Å²) in [6.45, 7) is 0. The highest BCUT2D eigenvalue weighted by Crippen LogP contribution is 2.20. The van der Waals surface area contributed by atoms with Crippen LogP contribution in [0.2, 0.25) is 0 Å². The molecular weight excluding hydrogens is 309 g/mol. The molecule has 0 bridgehead atoms. The van der Waals surface area contributed by atoms with Crippen LogP contribution in [0.1, 0.15) is 38.0 Å². The summed E-state index contributed by atoms with van der Waals surface area (Å²) in [5.74, 6) is -0.617. The largest absolute Gasteiger partial charge is 0.449 e. The SMILES string of the molecule is O=C(CCCCCCc1nc(-c2ccccc2)no1)C(F)(F)F. The van der Waals surface area contributed by atoms with Gasteiger partial charge in [0.25, 0.3) is 0 Å². The van der Waals surface area contributed by atoms with Crippen molar-refractivity contribution < 1.29 is 22.5 Å². The molecule has 0 spiro atoms. The normalized spacial score (nSPS) is 11.6. The molecule has 0 unspecified atom stereocenters. The zero-order valence-corrected chi connectivity index (χ0v) is 12.5. The molecule has 0 aliphatic carbocycles. The Morgan fingerprint density at radius 1 is 1.04 bits per heavy atom. The number of Topliss-reactive ketones (excluding diaryl/α,β-unsaturated/α-hetero) is 1. The molecule has 0 amide bonds. The molecule has 4 nitrogen and oxygen atoms in total. The van der Waals surface area contributed by atoms with Crippen molar-refractivity contribution in [2.24, 2.45) is 0 Å². The third-order valence-corrected chi connectivity index (χ3v) is 3.36. The van der Waals surface area contributed by atoms with Crippen molar-refractivity contribution in [2.45, 2.75) is 44.7 Å². The third-order valence-electron chi connectivity index (χ3n) is 3.36. The van der Waals surface area contributed by atoms with Gasteiger partial charge in [-0.1, -0.05) is 48.3 Å². The van der Waals surface area contributed by atoms with Crippen LogP contribution in [0.15, 0.2) is 34.9 Å². The summed E-state index contributed by atoms with van der Waals surface area (Å²) in [6, 6.07) is 9.42. The number of halogens is 3. The van der Waals surface area contributed by atoms with Gasteiger partial charge in [-0.3, -0.25) is 4.79 Å². The van der Waals surface area contributed by atoms with Crippen molar-refractivity contribution in [1.29, 1.82) is 0 Å². The predicted molar refractivity (Wildman–Crippen MR) is 77.6 cm³/mol. The van der Waals surface area contributed by atoms with E-state index in [0.29, 0.717) is 31.0 Å². The van der Waals surface area contributed by atoms with Crippen LogP contribution in [-0.4, -0.2) is 22.1 Å². The first-order valence-electron chi connectivity index (χ1n) is 7.45. The second-order valence-corrected chi connectivity index (χ2v) is 5.21. The maximum absolute atomic E-state index is 12.0. The fourth-order valence-electron chi connectivity index (χ4n) is 2.12. The van der Waals surface area contributed by atoms with E-state index >= 15 is 0 Å². The summed E-state index contributed by atoms with van der Waals surface area (Å²) in [6.07, 6.45) is -2.31. The number of carbonyl (C=O) groups is 1. The Morgan fingerprint density at radius 2 is 1.74 bits per heavy atom. The summed E-state index contributed by atoms with van der Waals surface area (Å²) in [4.78, 5) is 15.0. The molecule has 0 aliphatic rings. The first-order chi connectivity index (χ1) is 11.0. The van der Waals surface area contributed by atoms with Crippen LogP contribution >= 0.6 is 0 Å². The number of rotatable bonds is 8. The fraction of sp³-hybridized carbons (Fsp3) is 0.438. The van der Waals surface area contributed by atoms with Crippen LogP contribution in [0.3, 0.4) is 0 Å². The lowest BCUT2D eigenvalue weighted by Crippen LogP contribution is -2.22. The fourth-order valence-corrected chi connectivity index (χ4v) is 2.12. The quantitative estimate of drug-likeness (QED) is 0.676. The molecular formula is C16H17F3N2O2. The Hall–Kier alpha value is -2.18. The van der Waals surface area contributed by atoms with E-state index < -0.39 is 18.4 Å². The van der Waals surface area contributed by atoms with Gasteiger partial charge in [-0.05, 0) is 12.8 Å². The number of nitrogens with zero attached hydrogens (tertiary/aromatic N) is 2. The highest BCUT2D eigenvalue weighted by atomic mass is 19.4. The molecule has 0 aliphatic heterocycles. The lowest BCUT2D eigenvalue weighted by molar-refractivity contribution is -0.171. The van der Waals surface area contributed by atoms with Crippen molar-refractivity contribution in [3.8, 4) is 11.4 Å². The molecule has 1 aromatic heterocycles. The molecule has 23 heavy (non-hydrogen) atoms. The number of carbonyl (C=O) groups excluding carboxylic acids is 1. The van der Waals surface area contributed by atoms with E-state index in [0.717, 1.165) is 12.0 Å². The first kappa shape index (κ1) is 17.2. The van der Waals surface area contributed by atoms with Crippen molar-refractivity contribution in [3.63, 3.8) is 0 Å². The molecule has 2 aromatic rings. The monoisotopic (exact) mass is 326 g/mol. The van der Waals surface area contributed by atoms with Crippen LogP contribution < -0.4 is 0 Å². The number of aryl methyl sites for hydroxylation is 1. The van der Waals surface area contributed by atoms with Crippen LogP contribution in [0.25, 0.3) is 11.4 Å². The Bertz CT molecular complexity index is 624. The second-order valence-electron chi connectivity index (χ2n) is 5.21. The van der Waals surface area contributed by atoms with Crippen molar-refractivity contribution in [3.05, 3.63) is 36.2 Å². The van der Waals surface area contributed by atoms with Gasteiger partial charge in [0.15, 0.2) is 0 Å². The smallest absolute Gasteiger partial charge is 0.339 e. The van der Waals surface area contributed by atoms with Crippen LogP contribution in [0.4, 0.5) is 13.2 Å². The minimum atomic E-state index is -4.71. The Labute approximate surface area is 131 Å². The highest BCUT2D eigenvalue weighted by Gasteiger charge is 2.36. The Morgan fingerprint density at radius 3 is 2.43 bits per heavy atom. The third kappa shape index (κ3) is 5.50. The maximum atomic E-state index is 12.0. The summed E-state index contributed by atoms with van der Waals surface area (Å²) in [5.41, 5.74) is 0.869. The Balaban J connectivity index is 1.66. The number of aromatic nitrogens is 2. The van der Waals surface area contributed by atoms with Crippen molar-refractivity contribution in [2.75, 3.05) is 0 Å². The van der Waals surface area contributed by atoms with Gasteiger partial charge in [0.05, 0.1) is 0 Å². The summed E-state index contributed by atoms with van der Waals surface area (Å²) >= 11 is 0. The van der Waals surface area contributed by atoms with Gasteiger partial charge in [0, 0.05) is 18.4 Å². The van der Waals surface area contributed by atoms with E-state index in [4.69, 9.17) is 4.52 Å². The molecule has 1 heterocycles. The van der Waals surface area contributed by atoms with Crippen molar-refractivity contribution >= 4 is 5.78 Å². The zero-order valence-electron chi connectivity index (χ0n) is 12.5. The topological polar surface area (TPSA) is 56.0 Å². The van der Waals surface area contributed by atoms with Crippen LogP contribution in [-0.2, 0) is 11.2 Å². The summed E-state index contributed by atoms with van der Waals surface area (Å²) in [7, 11) is 0. The standard InChI is InChI=1S/C16H17F3N2O2/c17-16(18,19)13(22)10-6-1-2-7-11-14-20-15(21-23-14)12-8-4-3-5-9-12/h3-5,8-9H,1-2,6-7,10-11H2. The molecule has 0 radical (unpaired) electrons. The number of hydrogen-bond donors (Lipinski definition) is 0. The van der Waals surface area contributed by atoms with E-state index in [1.54, 1.807) is 0 Å². The highest BCUT2D eigenvalue weighted by molar-refractivity contribution is 5.83. The van der Waals surface area contributed by atoms with Gasteiger partial charge < -0.3 is 4.52 Å². The van der Waals surface area contributed by atoms with Crippen LogP contribution in [0, 0.1) is 0 Å². The second kappa shape index (κ2) is 7.89. The van der Waals surface area contributed by atoms with Crippen LogP contribution in [0.5, 0.6) is 0 Å².